The second kappa shape index (κ2) is 8.37. The maximum absolute atomic E-state index is 13.0. The van der Waals surface area contributed by atoms with E-state index in [-0.39, 0.29) is 18.0 Å². The third-order valence-electron chi connectivity index (χ3n) is 5.49. The standard InChI is InChI=1S/C22H25N3O3S/c1-14-3-8-17-18(11-14)29-21-20(17)22(27)25(13-24-21)12-19(26)23-10-9-15-4-6-16(28-2)7-5-15/h4-7,13-14H,3,8-12H2,1-2H3,(H,23,26)/t14-/m0/s1. The number of aromatic nitrogens is 2. The van der Waals surface area contributed by atoms with E-state index in [0.29, 0.717) is 17.8 Å². The number of aryl methyl sites for hydroxylation is 1. The van der Waals surface area contributed by atoms with E-state index in [9.17, 15) is 9.59 Å². The van der Waals surface area contributed by atoms with Crippen LogP contribution in [-0.4, -0.2) is 29.1 Å². The maximum Gasteiger partial charge on any atom is 0.262 e. The molecule has 2 aromatic heterocycles. The number of amides is 1. The van der Waals surface area contributed by atoms with Gasteiger partial charge in [-0.15, -0.1) is 11.3 Å². The topological polar surface area (TPSA) is 73.2 Å². The molecule has 0 bridgehead atoms. The molecule has 1 aliphatic rings. The number of carbonyl (C=O) groups is 1. The van der Waals surface area contributed by atoms with Crippen molar-refractivity contribution in [3.8, 4) is 5.75 Å². The zero-order chi connectivity index (χ0) is 20.4. The second-order valence-electron chi connectivity index (χ2n) is 7.66. The lowest BCUT2D eigenvalue weighted by atomic mass is 9.89. The highest BCUT2D eigenvalue weighted by atomic mass is 32.1. The van der Waals surface area contributed by atoms with Crippen LogP contribution in [0.5, 0.6) is 5.75 Å². The highest BCUT2D eigenvalue weighted by Gasteiger charge is 2.23. The molecule has 0 saturated heterocycles. The van der Waals surface area contributed by atoms with E-state index in [1.807, 2.05) is 24.3 Å². The van der Waals surface area contributed by atoms with Crippen molar-refractivity contribution in [2.75, 3.05) is 13.7 Å². The number of thiophene rings is 1. The highest BCUT2D eigenvalue weighted by Crippen LogP contribution is 2.35. The third kappa shape index (κ3) is 4.19. The van der Waals surface area contributed by atoms with Gasteiger partial charge in [-0.05, 0) is 54.9 Å². The minimum absolute atomic E-state index is 0.00852. The molecule has 152 valence electrons. The molecule has 0 radical (unpaired) electrons. The van der Waals surface area contributed by atoms with Crippen LogP contribution in [0.3, 0.4) is 0 Å². The smallest absolute Gasteiger partial charge is 0.262 e. The average Bonchev–Trinajstić information content (AvgIpc) is 3.09. The monoisotopic (exact) mass is 411 g/mol. The van der Waals surface area contributed by atoms with Gasteiger partial charge in [0.25, 0.3) is 5.56 Å². The summed E-state index contributed by atoms with van der Waals surface area (Å²) in [5, 5.41) is 3.60. The number of benzene rings is 1. The van der Waals surface area contributed by atoms with Gasteiger partial charge in [0.1, 0.15) is 17.1 Å². The van der Waals surface area contributed by atoms with Crippen molar-refractivity contribution in [1.29, 1.82) is 0 Å². The molecule has 0 aliphatic heterocycles. The zero-order valence-electron chi connectivity index (χ0n) is 16.7. The van der Waals surface area contributed by atoms with Gasteiger partial charge >= 0.3 is 0 Å². The first-order chi connectivity index (χ1) is 14.0. The summed E-state index contributed by atoms with van der Waals surface area (Å²) in [6, 6.07) is 7.77. The van der Waals surface area contributed by atoms with Crippen molar-refractivity contribution < 1.29 is 9.53 Å². The number of rotatable bonds is 6. The summed E-state index contributed by atoms with van der Waals surface area (Å²) in [5.74, 6) is 1.28. The quantitative estimate of drug-likeness (QED) is 0.677. The number of hydrogen-bond donors (Lipinski definition) is 1. The van der Waals surface area contributed by atoms with Crippen molar-refractivity contribution >= 4 is 27.5 Å². The van der Waals surface area contributed by atoms with Gasteiger partial charge in [-0.1, -0.05) is 19.1 Å². The first-order valence-electron chi connectivity index (χ1n) is 9.94. The van der Waals surface area contributed by atoms with Crippen LogP contribution in [-0.2, 0) is 30.6 Å². The summed E-state index contributed by atoms with van der Waals surface area (Å²) < 4.78 is 6.57. The van der Waals surface area contributed by atoms with E-state index in [1.54, 1.807) is 18.4 Å². The van der Waals surface area contributed by atoms with Gasteiger partial charge in [0.05, 0.1) is 18.8 Å². The molecule has 1 amide bonds. The van der Waals surface area contributed by atoms with Crippen molar-refractivity contribution in [2.24, 2.45) is 5.92 Å². The largest absolute Gasteiger partial charge is 0.497 e. The number of methoxy groups -OCH3 is 1. The van der Waals surface area contributed by atoms with E-state index in [2.05, 4.69) is 17.2 Å². The Hall–Kier alpha value is -2.67. The fourth-order valence-corrected chi connectivity index (χ4v) is 5.17. The molecule has 1 aromatic carbocycles. The minimum atomic E-state index is -0.181. The van der Waals surface area contributed by atoms with Crippen LogP contribution in [0.25, 0.3) is 10.2 Å². The molecule has 0 fully saturated rings. The van der Waals surface area contributed by atoms with Gasteiger partial charge in [-0.2, -0.15) is 0 Å². The Bertz CT molecular complexity index is 1090. The first kappa shape index (κ1) is 19.6. The van der Waals surface area contributed by atoms with E-state index >= 15 is 0 Å². The molecular weight excluding hydrogens is 386 g/mol. The maximum atomic E-state index is 13.0. The number of carbonyl (C=O) groups excluding carboxylic acids is 1. The van der Waals surface area contributed by atoms with Gasteiger partial charge in [0.2, 0.25) is 5.91 Å². The Labute approximate surface area is 173 Å². The molecule has 2 heterocycles. The Morgan fingerprint density at radius 3 is 2.90 bits per heavy atom. The van der Waals surface area contributed by atoms with E-state index < -0.39 is 0 Å². The van der Waals surface area contributed by atoms with Gasteiger partial charge in [-0.3, -0.25) is 14.2 Å². The molecule has 0 unspecified atom stereocenters. The zero-order valence-corrected chi connectivity index (χ0v) is 17.6. The molecule has 7 heteroatoms. The van der Waals surface area contributed by atoms with Crippen LogP contribution in [0.15, 0.2) is 35.4 Å². The Morgan fingerprint density at radius 1 is 1.34 bits per heavy atom. The van der Waals surface area contributed by atoms with E-state index in [1.165, 1.54) is 15.8 Å². The molecular formula is C22H25N3O3S. The lowest BCUT2D eigenvalue weighted by Gasteiger charge is -2.17. The number of fused-ring (bicyclic) bond motifs is 3. The van der Waals surface area contributed by atoms with E-state index in [0.717, 1.165) is 47.4 Å². The van der Waals surface area contributed by atoms with Crippen LogP contribution in [0.1, 0.15) is 29.3 Å². The summed E-state index contributed by atoms with van der Waals surface area (Å²) in [6.07, 6.45) is 5.25. The van der Waals surface area contributed by atoms with E-state index in [4.69, 9.17) is 4.74 Å². The molecule has 0 spiro atoms. The molecule has 0 saturated carbocycles. The van der Waals surface area contributed by atoms with Gasteiger partial charge in [-0.25, -0.2) is 4.98 Å². The Balaban J connectivity index is 1.41. The predicted octanol–water partition coefficient (Wildman–Crippen LogP) is 2.95. The van der Waals surface area contributed by atoms with Crippen LogP contribution in [0, 0.1) is 5.92 Å². The SMILES string of the molecule is COc1ccc(CCNC(=O)Cn2cnc3sc4c(c3c2=O)CC[C@H](C)C4)cc1. The third-order valence-corrected chi connectivity index (χ3v) is 6.65. The van der Waals surface area contributed by atoms with Crippen LogP contribution in [0.4, 0.5) is 0 Å². The van der Waals surface area contributed by atoms with Crippen molar-refractivity contribution in [3.05, 3.63) is 57.0 Å². The molecule has 1 aliphatic carbocycles. The lowest BCUT2D eigenvalue weighted by molar-refractivity contribution is -0.121. The summed E-state index contributed by atoms with van der Waals surface area (Å²) in [5.41, 5.74) is 2.16. The lowest BCUT2D eigenvalue weighted by Crippen LogP contribution is -2.33. The molecule has 6 nitrogen and oxygen atoms in total. The first-order valence-corrected chi connectivity index (χ1v) is 10.8. The van der Waals surface area contributed by atoms with Gasteiger partial charge < -0.3 is 10.1 Å². The van der Waals surface area contributed by atoms with Crippen LogP contribution >= 0.6 is 11.3 Å². The number of nitrogens with one attached hydrogen (secondary N) is 1. The molecule has 1 atom stereocenters. The van der Waals surface area contributed by atoms with Crippen molar-refractivity contribution in [3.63, 3.8) is 0 Å². The predicted molar refractivity (Wildman–Crippen MR) is 115 cm³/mol. The fourth-order valence-electron chi connectivity index (χ4n) is 3.83. The molecule has 4 rings (SSSR count). The second-order valence-corrected chi connectivity index (χ2v) is 8.74. The molecule has 29 heavy (non-hydrogen) atoms. The number of nitrogens with zero attached hydrogens (tertiary/aromatic N) is 2. The number of hydrogen-bond acceptors (Lipinski definition) is 5. The Kier molecular flexibility index (Phi) is 5.67. The fraction of sp³-hybridized carbons (Fsp3) is 0.409. The van der Waals surface area contributed by atoms with Crippen molar-refractivity contribution in [1.82, 2.24) is 14.9 Å². The molecule has 3 aromatic rings. The molecule has 1 N–H and O–H groups in total. The average molecular weight is 412 g/mol. The van der Waals surface area contributed by atoms with Crippen LogP contribution in [0.2, 0.25) is 0 Å². The number of ether oxygens (including phenoxy) is 1. The summed E-state index contributed by atoms with van der Waals surface area (Å²) in [4.78, 5) is 31.9. The van der Waals surface area contributed by atoms with Crippen LogP contribution < -0.4 is 15.6 Å². The van der Waals surface area contributed by atoms with Gasteiger partial charge in [0, 0.05) is 11.4 Å². The Morgan fingerprint density at radius 2 is 2.14 bits per heavy atom. The highest BCUT2D eigenvalue weighted by molar-refractivity contribution is 7.18. The van der Waals surface area contributed by atoms with Crippen molar-refractivity contribution in [2.45, 2.75) is 39.2 Å². The summed E-state index contributed by atoms with van der Waals surface area (Å²) in [7, 11) is 1.63. The van der Waals surface area contributed by atoms with Gasteiger partial charge in [0.15, 0.2) is 0 Å². The normalized spacial score (nSPS) is 15.9. The summed E-state index contributed by atoms with van der Waals surface area (Å²) in [6.45, 7) is 2.75. The summed E-state index contributed by atoms with van der Waals surface area (Å²) >= 11 is 1.63. The minimum Gasteiger partial charge on any atom is -0.497 e.